The molecule has 2 rings (SSSR count). The Morgan fingerprint density at radius 3 is 2.67 bits per heavy atom. The van der Waals surface area contributed by atoms with Crippen LogP contribution in [0.5, 0.6) is 0 Å². The van der Waals surface area contributed by atoms with Gasteiger partial charge in [-0.15, -0.1) is 0 Å². The van der Waals surface area contributed by atoms with Crippen LogP contribution in [0.3, 0.4) is 0 Å². The Bertz CT molecular complexity index is 412. The molecular formula is C16H26N2. The first-order chi connectivity index (χ1) is 8.52. The second-order valence-corrected chi connectivity index (χ2v) is 5.91. The summed E-state index contributed by atoms with van der Waals surface area (Å²) in [5.41, 5.74) is 4.42. The van der Waals surface area contributed by atoms with Crippen molar-refractivity contribution >= 4 is 5.69 Å². The van der Waals surface area contributed by atoms with Crippen LogP contribution in [-0.4, -0.2) is 25.2 Å². The molecular weight excluding hydrogens is 220 g/mol. The maximum Gasteiger partial charge on any atom is 0.0404 e. The van der Waals surface area contributed by atoms with E-state index in [4.69, 9.17) is 0 Å². The number of anilines is 1. The van der Waals surface area contributed by atoms with Crippen LogP contribution in [0.25, 0.3) is 0 Å². The maximum atomic E-state index is 3.31. The molecule has 0 radical (unpaired) electrons. The highest BCUT2D eigenvalue weighted by atomic mass is 15.2. The molecule has 0 saturated heterocycles. The third kappa shape index (κ3) is 2.54. The molecule has 0 aliphatic carbocycles. The minimum Gasteiger partial charge on any atom is -0.366 e. The van der Waals surface area contributed by atoms with Gasteiger partial charge in [0.2, 0.25) is 0 Å². The summed E-state index contributed by atoms with van der Waals surface area (Å²) in [7, 11) is 2.03. The standard InChI is InChI=1S/C16H26N2/c1-11(2)18-13(4)9-15-10-14(6-7-16(15)18)8-12(3)17-5/h6-7,10-13,17H,8-9H2,1-5H3. The molecule has 1 aliphatic heterocycles. The van der Waals surface area contributed by atoms with E-state index in [2.05, 4.69) is 56.1 Å². The Kier molecular flexibility index (Phi) is 3.96. The van der Waals surface area contributed by atoms with Gasteiger partial charge in [-0.2, -0.15) is 0 Å². The molecule has 1 N–H and O–H groups in total. The van der Waals surface area contributed by atoms with E-state index in [-0.39, 0.29) is 0 Å². The van der Waals surface area contributed by atoms with Gasteiger partial charge in [0, 0.05) is 23.8 Å². The minimum absolute atomic E-state index is 0.545. The average molecular weight is 246 g/mol. The Morgan fingerprint density at radius 1 is 1.33 bits per heavy atom. The molecule has 1 aliphatic rings. The van der Waals surface area contributed by atoms with Crippen LogP contribution in [0.15, 0.2) is 18.2 Å². The zero-order valence-corrected chi connectivity index (χ0v) is 12.3. The van der Waals surface area contributed by atoms with Crippen LogP contribution in [0, 0.1) is 0 Å². The minimum atomic E-state index is 0.545. The second kappa shape index (κ2) is 5.31. The van der Waals surface area contributed by atoms with Gasteiger partial charge in [0.1, 0.15) is 0 Å². The van der Waals surface area contributed by atoms with Gasteiger partial charge in [0.05, 0.1) is 0 Å². The first kappa shape index (κ1) is 13.4. The summed E-state index contributed by atoms with van der Waals surface area (Å²) in [4.78, 5) is 2.54. The molecule has 0 bridgehead atoms. The number of benzene rings is 1. The molecule has 1 heterocycles. The predicted molar refractivity (Wildman–Crippen MR) is 79.4 cm³/mol. The zero-order valence-electron chi connectivity index (χ0n) is 12.3. The number of fused-ring (bicyclic) bond motifs is 1. The van der Waals surface area contributed by atoms with Crippen LogP contribution >= 0.6 is 0 Å². The van der Waals surface area contributed by atoms with Crippen molar-refractivity contribution in [1.82, 2.24) is 5.32 Å². The van der Waals surface area contributed by atoms with E-state index in [0.29, 0.717) is 18.1 Å². The van der Waals surface area contributed by atoms with Crippen molar-refractivity contribution in [2.75, 3.05) is 11.9 Å². The van der Waals surface area contributed by atoms with Crippen molar-refractivity contribution in [3.05, 3.63) is 29.3 Å². The summed E-state index contributed by atoms with van der Waals surface area (Å²) < 4.78 is 0. The second-order valence-electron chi connectivity index (χ2n) is 5.91. The molecule has 2 nitrogen and oxygen atoms in total. The molecule has 1 aromatic carbocycles. The highest BCUT2D eigenvalue weighted by Crippen LogP contribution is 2.34. The van der Waals surface area contributed by atoms with E-state index in [1.165, 1.54) is 23.2 Å². The first-order valence-electron chi connectivity index (χ1n) is 7.10. The van der Waals surface area contributed by atoms with Gasteiger partial charge in [-0.05, 0) is 64.8 Å². The molecule has 1 aromatic rings. The highest BCUT2D eigenvalue weighted by molar-refractivity contribution is 5.61. The van der Waals surface area contributed by atoms with Crippen LogP contribution in [0.1, 0.15) is 38.8 Å². The monoisotopic (exact) mass is 246 g/mol. The fourth-order valence-corrected chi connectivity index (χ4v) is 3.08. The lowest BCUT2D eigenvalue weighted by Crippen LogP contribution is -2.35. The van der Waals surface area contributed by atoms with Gasteiger partial charge in [-0.25, -0.2) is 0 Å². The van der Waals surface area contributed by atoms with Crippen molar-refractivity contribution in [3.63, 3.8) is 0 Å². The van der Waals surface area contributed by atoms with Crippen molar-refractivity contribution in [3.8, 4) is 0 Å². The average Bonchev–Trinajstić information content (AvgIpc) is 2.64. The Labute approximate surface area is 111 Å². The highest BCUT2D eigenvalue weighted by Gasteiger charge is 2.27. The molecule has 0 fully saturated rings. The van der Waals surface area contributed by atoms with Gasteiger partial charge in [-0.3, -0.25) is 0 Å². The van der Waals surface area contributed by atoms with E-state index in [1.54, 1.807) is 0 Å². The number of nitrogens with one attached hydrogen (secondary N) is 1. The summed E-state index contributed by atoms with van der Waals surface area (Å²) in [5, 5.41) is 3.31. The summed E-state index contributed by atoms with van der Waals surface area (Å²) in [6.07, 6.45) is 2.30. The summed E-state index contributed by atoms with van der Waals surface area (Å²) >= 11 is 0. The number of rotatable bonds is 4. The lowest BCUT2D eigenvalue weighted by atomic mass is 10.0. The first-order valence-corrected chi connectivity index (χ1v) is 7.10. The van der Waals surface area contributed by atoms with E-state index in [9.17, 15) is 0 Å². The number of hydrogen-bond acceptors (Lipinski definition) is 2. The van der Waals surface area contributed by atoms with Crippen molar-refractivity contribution in [2.45, 2.75) is 58.7 Å². The largest absolute Gasteiger partial charge is 0.366 e. The van der Waals surface area contributed by atoms with Crippen LogP contribution < -0.4 is 10.2 Å². The third-order valence-corrected chi connectivity index (χ3v) is 4.00. The van der Waals surface area contributed by atoms with Crippen LogP contribution in [0.2, 0.25) is 0 Å². The molecule has 0 amide bonds. The van der Waals surface area contributed by atoms with Crippen molar-refractivity contribution in [1.29, 1.82) is 0 Å². The van der Waals surface area contributed by atoms with E-state index in [1.807, 2.05) is 7.05 Å². The fraction of sp³-hybridized carbons (Fsp3) is 0.625. The maximum absolute atomic E-state index is 3.31. The van der Waals surface area contributed by atoms with Crippen molar-refractivity contribution < 1.29 is 0 Å². The Morgan fingerprint density at radius 2 is 2.06 bits per heavy atom. The van der Waals surface area contributed by atoms with Gasteiger partial charge in [0.15, 0.2) is 0 Å². The molecule has 2 atom stereocenters. The molecule has 18 heavy (non-hydrogen) atoms. The van der Waals surface area contributed by atoms with E-state index < -0.39 is 0 Å². The third-order valence-electron chi connectivity index (χ3n) is 4.00. The van der Waals surface area contributed by atoms with Gasteiger partial charge in [-0.1, -0.05) is 12.1 Å². The Balaban J connectivity index is 2.22. The topological polar surface area (TPSA) is 15.3 Å². The van der Waals surface area contributed by atoms with E-state index >= 15 is 0 Å². The molecule has 2 unspecified atom stereocenters. The lowest BCUT2D eigenvalue weighted by Gasteiger charge is -2.29. The number of hydrogen-bond donors (Lipinski definition) is 1. The lowest BCUT2D eigenvalue weighted by molar-refractivity contribution is 0.605. The van der Waals surface area contributed by atoms with Gasteiger partial charge >= 0.3 is 0 Å². The SMILES string of the molecule is CNC(C)Cc1ccc2c(c1)CC(C)N2C(C)C. The van der Waals surface area contributed by atoms with Crippen molar-refractivity contribution in [2.24, 2.45) is 0 Å². The quantitative estimate of drug-likeness (QED) is 0.878. The molecule has 100 valence electrons. The normalized spacial score (nSPS) is 20.3. The number of nitrogens with zero attached hydrogens (tertiary/aromatic N) is 1. The van der Waals surface area contributed by atoms with Crippen LogP contribution in [0.4, 0.5) is 5.69 Å². The summed E-state index contributed by atoms with van der Waals surface area (Å²) in [5.74, 6) is 0. The summed E-state index contributed by atoms with van der Waals surface area (Å²) in [6.45, 7) is 9.12. The smallest absolute Gasteiger partial charge is 0.0404 e. The Hall–Kier alpha value is -1.02. The fourth-order valence-electron chi connectivity index (χ4n) is 3.08. The molecule has 0 spiro atoms. The van der Waals surface area contributed by atoms with E-state index in [0.717, 1.165) is 6.42 Å². The molecule has 0 saturated carbocycles. The van der Waals surface area contributed by atoms with Gasteiger partial charge < -0.3 is 10.2 Å². The summed E-state index contributed by atoms with van der Waals surface area (Å²) in [6, 6.07) is 8.78. The predicted octanol–water partition coefficient (Wildman–Crippen LogP) is 3.00. The van der Waals surface area contributed by atoms with Gasteiger partial charge in [0.25, 0.3) is 0 Å². The van der Waals surface area contributed by atoms with Crippen LogP contribution in [-0.2, 0) is 12.8 Å². The number of likely N-dealkylation sites (N-methyl/N-ethyl adjacent to an activating group) is 1. The zero-order chi connectivity index (χ0) is 13.3. The molecule has 0 aromatic heterocycles. The molecule has 2 heteroatoms.